The first-order chi connectivity index (χ1) is 11.2. The van der Waals surface area contributed by atoms with Crippen molar-refractivity contribution in [1.29, 1.82) is 5.41 Å². The number of nitrogens with one attached hydrogen (secondary N) is 2. The van der Waals surface area contributed by atoms with Gasteiger partial charge in [-0.3, -0.25) is 10.2 Å². The second-order valence-electron chi connectivity index (χ2n) is 5.39. The molecule has 0 saturated carbocycles. The Hall–Kier alpha value is -2.32. The summed E-state index contributed by atoms with van der Waals surface area (Å²) < 4.78 is 0. The van der Waals surface area contributed by atoms with Crippen LogP contribution in [-0.2, 0) is 4.79 Å². The molecule has 0 spiro atoms. The molecular formula is C15H18N6OS. The van der Waals surface area contributed by atoms with E-state index >= 15 is 0 Å². The summed E-state index contributed by atoms with van der Waals surface area (Å²) in [6.45, 7) is 4.09. The normalized spacial score (nSPS) is 16.1. The third-order valence-corrected chi connectivity index (χ3v) is 4.77. The Bertz CT molecular complexity index is 726. The van der Waals surface area contributed by atoms with Crippen molar-refractivity contribution in [1.82, 2.24) is 19.9 Å². The molecule has 1 aliphatic rings. The average molecular weight is 330 g/mol. The molecule has 3 rings (SSSR count). The molecule has 1 saturated heterocycles. The predicted octanol–water partition coefficient (Wildman–Crippen LogP) is 1.52. The molecule has 120 valence electrons. The molecule has 0 amide bonds. The summed E-state index contributed by atoms with van der Waals surface area (Å²) in [7, 11) is 2.13. The number of thiazole rings is 1. The van der Waals surface area contributed by atoms with Crippen LogP contribution in [0.3, 0.4) is 0 Å². The highest BCUT2D eigenvalue weighted by Gasteiger charge is 2.17. The van der Waals surface area contributed by atoms with Crippen LogP contribution in [0.4, 0.5) is 5.13 Å². The van der Waals surface area contributed by atoms with E-state index in [1.54, 1.807) is 23.6 Å². The van der Waals surface area contributed by atoms with Crippen LogP contribution < -0.4 is 4.90 Å². The Morgan fingerprint density at radius 1 is 1.30 bits per heavy atom. The van der Waals surface area contributed by atoms with Gasteiger partial charge >= 0.3 is 0 Å². The van der Waals surface area contributed by atoms with E-state index in [0.717, 1.165) is 41.9 Å². The number of anilines is 1. The van der Waals surface area contributed by atoms with E-state index in [1.807, 2.05) is 6.20 Å². The lowest BCUT2D eigenvalue weighted by molar-refractivity contribution is -0.102. The van der Waals surface area contributed by atoms with Crippen molar-refractivity contribution in [3.05, 3.63) is 24.3 Å². The SMILES string of the molecule is CN1CCN(c2ncc(-c3cnc(/C=C\C(=N)C=O)[nH]3)s2)CC1. The van der Waals surface area contributed by atoms with Gasteiger partial charge in [-0.1, -0.05) is 11.3 Å². The van der Waals surface area contributed by atoms with Gasteiger partial charge in [0.25, 0.3) is 0 Å². The number of allylic oxidation sites excluding steroid dienone is 1. The first-order valence-corrected chi connectivity index (χ1v) is 8.14. The molecule has 1 aliphatic heterocycles. The van der Waals surface area contributed by atoms with E-state index in [9.17, 15) is 4.79 Å². The number of carbonyl (C=O) groups excluding carboxylic acids is 1. The number of aldehydes is 1. The number of hydrogen-bond donors (Lipinski definition) is 2. The number of carbonyl (C=O) groups is 1. The summed E-state index contributed by atoms with van der Waals surface area (Å²) >= 11 is 1.64. The van der Waals surface area contributed by atoms with Gasteiger partial charge in [0.05, 0.1) is 22.5 Å². The summed E-state index contributed by atoms with van der Waals surface area (Å²) in [4.78, 5) is 28.0. The van der Waals surface area contributed by atoms with Crippen LogP contribution in [-0.4, -0.2) is 65.1 Å². The lowest BCUT2D eigenvalue weighted by Gasteiger charge is -2.32. The Morgan fingerprint density at radius 2 is 2.09 bits per heavy atom. The molecule has 0 aromatic carbocycles. The monoisotopic (exact) mass is 330 g/mol. The molecule has 0 aliphatic carbocycles. The van der Waals surface area contributed by atoms with Crippen molar-refractivity contribution in [2.75, 3.05) is 38.1 Å². The number of likely N-dealkylation sites (N-methyl/N-ethyl adjacent to an activating group) is 1. The molecule has 2 N–H and O–H groups in total. The molecule has 2 aromatic heterocycles. The fourth-order valence-corrected chi connectivity index (χ4v) is 3.22. The second kappa shape index (κ2) is 6.84. The smallest absolute Gasteiger partial charge is 0.185 e. The number of H-pyrrole nitrogens is 1. The van der Waals surface area contributed by atoms with Crippen LogP contribution >= 0.6 is 11.3 Å². The first-order valence-electron chi connectivity index (χ1n) is 7.32. The van der Waals surface area contributed by atoms with Crippen LogP contribution in [0, 0.1) is 5.41 Å². The van der Waals surface area contributed by atoms with Gasteiger partial charge in [-0.2, -0.15) is 0 Å². The zero-order valence-electron chi connectivity index (χ0n) is 12.8. The van der Waals surface area contributed by atoms with E-state index in [-0.39, 0.29) is 5.71 Å². The number of rotatable bonds is 5. The minimum atomic E-state index is -0.0851. The quantitative estimate of drug-likeness (QED) is 0.641. The highest BCUT2D eigenvalue weighted by Crippen LogP contribution is 2.30. The van der Waals surface area contributed by atoms with E-state index in [1.165, 1.54) is 6.08 Å². The molecule has 0 radical (unpaired) electrons. The summed E-state index contributed by atoms with van der Waals surface area (Å²) in [6, 6.07) is 0. The molecule has 0 atom stereocenters. The molecule has 0 bridgehead atoms. The maximum atomic E-state index is 10.4. The molecule has 1 fully saturated rings. The topological polar surface area (TPSA) is 89.0 Å². The van der Waals surface area contributed by atoms with Gasteiger partial charge in [0.15, 0.2) is 11.4 Å². The minimum Gasteiger partial charge on any atom is -0.346 e. The van der Waals surface area contributed by atoms with Crippen molar-refractivity contribution in [3.8, 4) is 10.6 Å². The largest absolute Gasteiger partial charge is 0.346 e. The van der Waals surface area contributed by atoms with Crippen molar-refractivity contribution in [2.24, 2.45) is 0 Å². The number of nitrogens with zero attached hydrogens (tertiary/aromatic N) is 4. The molecule has 0 unspecified atom stereocenters. The predicted molar refractivity (Wildman–Crippen MR) is 92.2 cm³/mol. The summed E-state index contributed by atoms with van der Waals surface area (Å²) in [5.74, 6) is 0.612. The first kappa shape index (κ1) is 15.6. The Morgan fingerprint density at radius 3 is 2.83 bits per heavy atom. The van der Waals surface area contributed by atoms with Crippen molar-refractivity contribution in [3.63, 3.8) is 0 Å². The fourth-order valence-electron chi connectivity index (χ4n) is 2.29. The number of piperazine rings is 1. The number of aromatic nitrogens is 3. The van der Waals surface area contributed by atoms with Gasteiger partial charge in [-0.25, -0.2) is 9.97 Å². The highest BCUT2D eigenvalue weighted by molar-refractivity contribution is 7.18. The van der Waals surface area contributed by atoms with Gasteiger partial charge in [0.2, 0.25) is 0 Å². The third-order valence-electron chi connectivity index (χ3n) is 3.68. The Balaban J connectivity index is 1.71. The average Bonchev–Trinajstić information content (AvgIpc) is 3.22. The second-order valence-corrected chi connectivity index (χ2v) is 6.40. The lowest BCUT2D eigenvalue weighted by Crippen LogP contribution is -2.44. The molecule has 7 nitrogen and oxygen atoms in total. The maximum absolute atomic E-state index is 10.4. The fraction of sp³-hybridized carbons (Fsp3) is 0.333. The zero-order chi connectivity index (χ0) is 16.2. The zero-order valence-corrected chi connectivity index (χ0v) is 13.6. The van der Waals surface area contributed by atoms with E-state index < -0.39 is 0 Å². The molecule has 23 heavy (non-hydrogen) atoms. The van der Waals surface area contributed by atoms with Crippen LogP contribution in [0.2, 0.25) is 0 Å². The molecular weight excluding hydrogens is 312 g/mol. The lowest BCUT2D eigenvalue weighted by atomic mass is 10.3. The Labute approximate surface area is 138 Å². The van der Waals surface area contributed by atoms with Crippen LogP contribution in [0.15, 0.2) is 18.5 Å². The maximum Gasteiger partial charge on any atom is 0.185 e. The summed E-state index contributed by atoms with van der Waals surface area (Å²) in [5.41, 5.74) is 0.804. The van der Waals surface area contributed by atoms with Gasteiger partial charge in [0.1, 0.15) is 5.82 Å². The third kappa shape index (κ3) is 3.72. The molecule has 2 aromatic rings. The van der Waals surface area contributed by atoms with Crippen molar-refractivity contribution >= 4 is 34.5 Å². The van der Waals surface area contributed by atoms with Crippen LogP contribution in [0.1, 0.15) is 5.82 Å². The molecule has 8 heteroatoms. The van der Waals surface area contributed by atoms with Gasteiger partial charge < -0.3 is 14.8 Å². The standard InChI is InChI=1S/C15H18N6OS/c1-20-4-6-21(7-5-20)15-18-9-13(23-15)12-8-17-14(19-12)3-2-11(16)10-22/h2-3,8-10,16H,4-7H2,1H3,(H,17,19)/b3-2-,16-11?. The van der Waals surface area contributed by atoms with Crippen molar-refractivity contribution in [2.45, 2.75) is 0 Å². The van der Waals surface area contributed by atoms with Crippen LogP contribution in [0.25, 0.3) is 16.6 Å². The molecule has 3 heterocycles. The van der Waals surface area contributed by atoms with Gasteiger partial charge in [-0.15, -0.1) is 0 Å². The van der Waals surface area contributed by atoms with Gasteiger partial charge in [0, 0.05) is 32.4 Å². The number of hydrogen-bond acceptors (Lipinski definition) is 7. The Kier molecular flexibility index (Phi) is 4.63. The van der Waals surface area contributed by atoms with E-state index in [4.69, 9.17) is 5.41 Å². The van der Waals surface area contributed by atoms with Crippen molar-refractivity contribution < 1.29 is 4.79 Å². The summed E-state index contributed by atoms with van der Waals surface area (Å²) in [6.07, 6.45) is 7.12. The minimum absolute atomic E-state index is 0.0851. The van der Waals surface area contributed by atoms with E-state index in [0.29, 0.717) is 12.1 Å². The highest BCUT2D eigenvalue weighted by atomic mass is 32.1. The van der Waals surface area contributed by atoms with Gasteiger partial charge in [-0.05, 0) is 19.2 Å². The summed E-state index contributed by atoms with van der Waals surface area (Å²) in [5, 5.41) is 8.31. The number of aromatic amines is 1. The van der Waals surface area contributed by atoms with E-state index in [2.05, 4.69) is 31.8 Å². The van der Waals surface area contributed by atoms with Crippen LogP contribution in [0.5, 0.6) is 0 Å². The number of imidazole rings is 1.